The second-order valence-electron chi connectivity index (χ2n) is 4.41. The largest absolute Gasteiger partial charge is 0.478 e. The van der Waals surface area contributed by atoms with Gasteiger partial charge in [0.1, 0.15) is 11.5 Å². The molecule has 0 aliphatic carbocycles. The Morgan fingerprint density at radius 1 is 1.10 bits per heavy atom. The molecular formula is C16H10ClNO3. The van der Waals surface area contributed by atoms with Gasteiger partial charge in [-0.15, -0.1) is 0 Å². The molecule has 21 heavy (non-hydrogen) atoms. The Morgan fingerprint density at radius 3 is 2.62 bits per heavy atom. The molecule has 2 aromatic carbocycles. The highest BCUT2D eigenvalue weighted by Crippen LogP contribution is 2.33. The van der Waals surface area contributed by atoms with E-state index >= 15 is 0 Å². The fraction of sp³-hybridized carbons (Fsp3) is 0. The number of aromatic nitrogens is 1. The highest BCUT2D eigenvalue weighted by molar-refractivity contribution is 6.35. The Kier molecular flexibility index (Phi) is 3.46. The van der Waals surface area contributed by atoms with Crippen molar-refractivity contribution >= 4 is 28.3 Å². The number of hydrogen-bond acceptors (Lipinski definition) is 3. The van der Waals surface area contributed by atoms with Gasteiger partial charge in [-0.2, -0.15) is 0 Å². The first-order valence-corrected chi connectivity index (χ1v) is 6.56. The molecule has 0 fully saturated rings. The van der Waals surface area contributed by atoms with Crippen molar-refractivity contribution in [2.24, 2.45) is 0 Å². The lowest BCUT2D eigenvalue weighted by Gasteiger charge is -2.10. The number of carboxylic acids is 1. The molecule has 0 bridgehead atoms. The summed E-state index contributed by atoms with van der Waals surface area (Å²) in [6, 6.07) is 12.5. The van der Waals surface area contributed by atoms with Gasteiger partial charge in [-0.1, -0.05) is 35.9 Å². The third-order valence-electron chi connectivity index (χ3n) is 3.02. The number of hydrogen-bond donors (Lipinski definition) is 1. The zero-order valence-electron chi connectivity index (χ0n) is 10.8. The Labute approximate surface area is 125 Å². The number of fused-ring (bicyclic) bond motifs is 1. The van der Waals surface area contributed by atoms with Crippen molar-refractivity contribution < 1.29 is 14.6 Å². The summed E-state index contributed by atoms with van der Waals surface area (Å²) in [6.07, 6.45) is 2.74. The van der Waals surface area contributed by atoms with Crippen molar-refractivity contribution in [2.75, 3.05) is 0 Å². The van der Waals surface area contributed by atoms with Gasteiger partial charge >= 0.3 is 5.97 Å². The molecule has 0 saturated carbocycles. The van der Waals surface area contributed by atoms with Gasteiger partial charge in [-0.25, -0.2) is 4.79 Å². The summed E-state index contributed by atoms with van der Waals surface area (Å²) in [5.74, 6) is -0.0874. The first-order valence-electron chi connectivity index (χ1n) is 6.18. The summed E-state index contributed by atoms with van der Waals surface area (Å²) in [5.41, 5.74) is 0.0748. The van der Waals surface area contributed by atoms with Crippen LogP contribution in [-0.2, 0) is 0 Å². The van der Waals surface area contributed by atoms with Crippen LogP contribution in [-0.4, -0.2) is 16.1 Å². The molecule has 3 aromatic rings. The molecule has 0 aliphatic rings. The number of carbonyl (C=O) groups is 1. The molecule has 1 aromatic heterocycles. The molecule has 0 radical (unpaired) electrons. The molecule has 0 unspecified atom stereocenters. The number of carboxylic acid groups (broad SMARTS) is 1. The summed E-state index contributed by atoms with van der Waals surface area (Å²) in [4.78, 5) is 14.8. The van der Waals surface area contributed by atoms with E-state index in [0.717, 1.165) is 10.8 Å². The van der Waals surface area contributed by atoms with Crippen LogP contribution in [0.3, 0.4) is 0 Å². The molecule has 5 heteroatoms. The SMILES string of the molecule is O=C(O)c1cncc(Oc2ccc(Cl)c3ccccc23)c1. The van der Waals surface area contributed by atoms with E-state index in [-0.39, 0.29) is 5.56 Å². The van der Waals surface area contributed by atoms with Crippen LogP contribution in [0.2, 0.25) is 5.02 Å². The molecule has 0 atom stereocenters. The van der Waals surface area contributed by atoms with Gasteiger partial charge in [-0.3, -0.25) is 4.98 Å². The molecular weight excluding hydrogens is 290 g/mol. The summed E-state index contributed by atoms with van der Waals surface area (Å²) < 4.78 is 5.75. The number of rotatable bonds is 3. The maximum absolute atomic E-state index is 10.9. The number of nitrogens with zero attached hydrogens (tertiary/aromatic N) is 1. The summed E-state index contributed by atoms with van der Waals surface area (Å²) in [7, 11) is 0. The van der Waals surface area contributed by atoms with E-state index in [2.05, 4.69) is 4.98 Å². The van der Waals surface area contributed by atoms with E-state index in [0.29, 0.717) is 16.5 Å². The zero-order valence-corrected chi connectivity index (χ0v) is 11.5. The molecule has 0 aliphatic heterocycles. The summed E-state index contributed by atoms with van der Waals surface area (Å²) in [5, 5.41) is 11.3. The van der Waals surface area contributed by atoms with Crippen LogP contribution in [0.5, 0.6) is 11.5 Å². The highest BCUT2D eigenvalue weighted by Gasteiger charge is 2.09. The minimum absolute atomic E-state index is 0.0748. The highest BCUT2D eigenvalue weighted by atomic mass is 35.5. The quantitative estimate of drug-likeness (QED) is 0.779. The summed E-state index contributed by atoms with van der Waals surface area (Å²) >= 11 is 6.15. The minimum Gasteiger partial charge on any atom is -0.478 e. The Morgan fingerprint density at radius 2 is 1.86 bits per heavy atom. The fourth-order valence-electron chi connectivity index (χ4n) is 2.04. The maximum Gasteiger partial charge on any atom is 0.337 e. The van der Waals surface area contributed by atoms with E-state index in [9.17, 15) is 4.79 Å². The predicted molar refractivity (Wildman–Crippen MR) is 80.2 cm³/mol. The molecule has 1 N–H and O–H groups in total. The van der Waals surface area contributed by atoms with Crippen molar-refractivity contribution in [3.05, 3.63) is 65.4 Å². The summed E-state index contributed by atoms with van der Waals surface area (Å²) in [6.45, 7) is 0. The second-order valence-corrected chi connectivity index (χ2v) is 4.81. The first kappa shape index (κ1) is 13.4. The Hall–Kier alpha value is -2.59. The smallest absolute Gasteiger partial charge is 0.337 e. The average Bonchev–Trinajstić information content (AvgIpc) is 2.51. The van der Waals surface area contributed by atoms with Gasteiger partial charge in [0, 0.05) is 22.0 Å². The lowest BCUT2D eigenvalue weighted by molar-refractivity contribution is 0.0696. The van der Waals surface area contributed by atoms with Crippen LogP contribution in [0.1, 0.15) is 10.4 Å². The lowest BCUT2D eigenvalue weighted by atomic mass is 10.1. The van der Waals surface area contributed by atoms with Gasteiger partial charge < -0.3 is 9.84 Å². The molecule has 3 rings (SSSR count). The fourth-order valence-corrected chi connectivity index (χ4v) is 2.27. The van der Waals surface area contributed by atoms with Crippen molar-refractivity contribution in [3.63, 3.8) is 0 Å². The number of halogens is 1. The molecule has 0 saturated heterocycles. The Balaban J connectivity index is 2.04. The van der Waals surface area contributed by atoms with Gasteiger partial charge in [0.15, 0.2) is 0 Å². The monoisotopic (exact) mass is 299 g/mol. The van der Waals surface area contributed by atoms with Crippen LogP contribution in [0.4, 0.5) is 0 Å². The molecule has 1 heterocycles. The van der Waals surface area contributed by atoms with Gasteiger partial charge in [-0.05, 0) is 18.2 Å². The Bertz CT molecular complexity index is 833. The van der Waals surface area contributed by atoms with Crippen molar-refractivity contribution in [1.29, 1.82) is 0 Å². The van der Waals surface area contributed by atoms with E-state index in [4.69, 9.17) is 21.4 Å². The van der Waals surface area contributed by atoms with Gasteiger partial charge in [0.05, 0.1) is 11.8 Å². The standard InChI is InChI=1S/C16H10ClNO3/c17-14-5-6-15(13-4-2-1-3-12(13)14)21-11-7-10(16(19)20)8-18-9-11/h1-9H,(H,19,20). The van der Waals surface area contributed by atoms with Crippen LogP contribution in [0, 0.1) is 0 Å². The number of ether oxygens (including phenoxy) is 1. The molecule has 0 amide bonds. The third kappa shape index (κ3) is 2.66. The van der Waals surface area contributed by atoms with Crippen molar-refractivity contribution in [2.45, 2.75) is 0 Å². The zero-order chi connectivity index (χ0) is 14.8. The molecule has 0 spiro atoms. The average molecular weight is 300 g/mol. The third-order valence-corrected chi connectivity index (χ3v) is 3.35. The second kappa shape index (κ2) is 5.42. The van der Waals surface area contributed by atoms with E-state index in [1.54, 1.807) is 12.1 Å². The normalized spacial score (nSPS) is 10.5. The number of aromatic carboxylic acids is 1. The van der Waals surface area contributed by atoms with Crippen LogP contribution in [0.15, 0.2) is 54.9 Å². The van der Waals surface area contributed by atoms with Gasteiger partial charge in [0.25, 0.3) is 0 Å². The van der Waals surface area contributed by atoms with Crippen molar-refractivity contribution in [3.8, 4) is 11.5 Å². The number of pyridine rings is 1. The van der Waals surface area contributed by atoms with Gasteiger partial charge in [0.2, 0.25) is 0 Å². The van der Waals surface area contributed by atoms with Crippen molar-refractivity contribution in [1.82, 2.24) is 4.98 Å². The topological polar surface area (TPSA) is 59.4 Å². The van der Waals surface area contributed by atoms with E-state index in [1.807, 2.05) is 24.3 Å². The van der Waals surface area contributed by atoms with E-state index < -0.39 is 5.97 Å². The van der Waals surface area contributed by atoms with Crippen LogP contribution >= 0.6 is 11.6 Å². The van der Waals surface area contributed by atoms with Crippen LogP contribution < -0.4 is 4.74 Å². The minimum atomic E-state index is -1.05. The van der Waals surface area contributed by atoms with Crippen LogP contribution in [0.25, 0.3) is 10.8 Å². The molecule has 104 valence electrons. The first-order chi connectivity index (χ1) is 10.1. The predicted octanol–water partition coefficient (Wildman–Crippen LogP) is 4.38. The molecule has 4 nitrogen and oxygen atoms in total. The lowest BCUT2D eigenvalue weighted by Crippen LogP contribution is -1.97. The maximum atomic E-state index is 10.9. The van der Waals surface area contributed by atoms with E-state index in [1.165, 1.54) is 18.5 Å². The number of benzene rings is 2.